The maximum atomic E-state index is 10.4. The zero-order chi connectivity index (χ0) is 21.8. The van der Waals surface area contributed by atoms with E-state index in [-0.39, 0.29) is 17.1 Å². The molecule has 0 atom stereocenters. The number of phenolic OH excluding ortho intramolecular Hbond substituents is 2. The molecule has 0 aromatic heterocycles. The van der Waals surface area contributed by atoms with Crippen LogP contribution in [0.2, 0.25) is 0 Å². The van der Waals surface area contributed by atoms with Crippen molar-refractivity contribution in [1.82, 2.24) is 0 Å². The second-order valence-corrected chi connectivity index (χ2v) is 7.21. The molecule has 4 bridgehead atoms. The Labute approximate surface area is 194 Å². The van der Waals surface area contributed by atoms with Crippen molar-refractivity contribution in [2.24, 2.45) is 9.98 Å². The van der Waals surface area contributed by atoms with E-state index in [2.05, 4.69) is 9.98 Å². The van der Waals surface area contributed by atoms with Crippen molar-refractivity contribution in [3.05, 3.63) is 58.7 Å². The first-order valence-electron chi connectivity index (χ1n) is 10.3. The van der Waals surface area contributed by atoms with Gasteiger partial charge in [-0.3, -0.25) is 14.8 Å². The van der Waals surface area contributed by atoms with Gasteiger partial charge in [0.05, 0.1) is 13.1 Å². The molecule has 0 unspecified atom stereocenters. The number of benzene rings is 2. The van der Waals surface area contributed by atoms with Crippen molar-refractivity contribution in [2.75, 3.05) is 13.1 Å². The van der Waals surface area contributed by atoms with E-state index in [4.69, 9.17) is 9.90 Å². The molecule has 0 aliphatic carbocycles. The van der Waals surface area contributed by atoms with Gasteiger partial charge in [-0.05, 0) is 48.9 Å². The van der Waals surface area contributed by atoms with Gasteiger partial charge in [0.1, 0.15) is 11.5 Å². The molecule has 6 nitrogen and oxygen atoms in total. The van der Waals surface area contributed by atoms with E-state index < -0.39 is 5.97 Å². The number of carboxylic acid groups (broad SMARTS) is 1. The fourth-order valence-electron chi connectivity index (χ4n) is 3.26. The monoisotopic (exact) mass is 465 g/mol. The fourth-order valence-corrected chi connectivity index (χ4v) is 3.26. The number of hydrogen-bond donors (Lipinski definition) is 3. The Balaban J connectivity index is 0.000000885. The van der Waals surface area contributed by atoms with Crippen molar-refractivity contribution in [2.45, 2.75) is 45.4 Å². The first-order chi connectivity index (χ1) is 14.5. The number of nitrogens with zero attached hydrogens (tertiary/aromatic N) is 2. The number of aliphatic carboxylic acids is 1. The van der Waals surface area contributed by atoms with Gasteiger partial charge in [0.25, 0.3) is 5.97 Å². The molecule has 31 heavy (non-hydrogen) atoms. The van der Waals surface area contributed by atoms with Crippen LogP contribution >= 0.6 is 0 Å². The van der Waals surface area contributed by atoms with E-state index in [1.165, 1.54) is 0 Å². The first-order valence-corrected chi connectivity index (χ1v) is 10.3. The van der Waals surface area contributed by atoms with E-state index in [9.17, 15) is 10.2 Å². The number of carboxylic acids is 1. The van der Waals surface area contributed by atoms with Crippen molar-refractivity contribution in [3.8, 4) is 11.5 Å². The van der Waals surface area contributed by atoms with Gasteiger partial charge in [0.2, 0.25) is 0 Å². The van der Waals surface area contributed by atoms with Crippen molar-refractivity contribution in [3.63, 3.8) is 0 Å². The van der Waals surface area contributed by atoms with Crippen LogP contribution in [0, 0.1) is 0 Å². The SMILES string of the molecule is CC(=O)O.Oc1c2cccc1CCCCCCc1cccc(c1O)C=NCCN=C2.[Mn+2]. The van der Waals surface area contributed by atoms with Crippen LogP contribution in [0.15, 0.2) is 46.4 Å². The standard InChI is InChI=1S/C22H26N2O2.C2H4O2.Mn/c25-21-17-7-3-1-2-4-8-18-10-6-12-20(22(18)26)16-24-14-13-23-15-19(21)11-5-9-17;1-2(3)4;/h5-6,9-12,15-16,25-26H,1-4,7-8,13-14H2;1H3,(H,3,4);/q;;+2. The Bertz CT molecular complexity index is 826. The molecular formula is C24H30MnN2O4+2. The number of rotatable bonds is 0. The molecule has 0 spiro atoms. The van der Waals surface area contributed by atoms with E-state index >= 15 is 0 Å². The largest absolute Gasteiger partial charge is 2.00 e. The van der Waals surface area contributed by atoms with Crippen LogP contribution in [0.4, 0.5) is 0 Å². The number of carbonyl (C=O) groups is 1. The number of para-hydroxylation sites is 2. The average molecular weight is 465 g/mol. The van der Waals surface area contributed by atoms with E-state index in [1.807, 2.05) is 36.4 Å². The summed E-state index contributed by atoms with van der Waals surface area (Å²) in [4.78, 5) is 17.7. The Morgan fingerprint density at radius 1 is 0.774 bits per heavy atom. The normalized spacial score (nSPS) is 14.2. The number of aliphatic imine (C=N–C) groups is 2. The van der Waals surface area contributed by atoms with E-state index in [1.54, 1.807) is 12.4 Å². The molecule has 1 heterocycles. The molecule has 7 heteroatoms. The van der Waals surface area contributed by atoms with Gasteiger partial charge in [0.15, 0.2) is 0 Å². The Morgan fingerprint density at radius 3 is 1.55 bits per heavy atom. The zero-order valence-corrected chi connectivity index (χ0v) is 19.0. The van der Waals surface area contributed by atoms with Crippen LogP contribution in [0.3, 0.4) is 0 Å². The minimum atomic E-state index is -0.833. The molecule has 2 aromatic rings. The summed E-state index contributed by atoms with van der Waals surface area (Å²) in [5.74, 6) is -0.137. The molecule has 3 N–H and O–H groups in total. The zero-order valence-electron chi connectivity index (χ0n) is 17.8. The van der Waals surface area contributed by atoms with Crippen molar-refractivity contribution < 1.29 is 37.2 Å². The van der Waals surface area contributed by atoms with Gasteiger partial charge in [-0.1, -0.05) is 37.1 Å². The Morgan fingerprint density at radius 2 is 1.16 bits per heavy atom. The molecule has 165 valence electrons. The van der Waals surface area contributed by atoms with Crippen LogP contribution in [0.1, 0.15) is 54.9 Å². The summed E-state index contributed by atoms with van der Waals surface area (Å²) in [7, 11) is 0. The van der Waals surface area contributed by atoms with Gasteiger partial charge in [-0.25, -0.2) is 0 Å². The number of fused-ring (bicyclic) bond motifs is 4. The molecule has 1 aliphatic heterocycles. The summed E-state index contributed by atoms with van der Waals surface area (Å²) < 4.78 is 0. The fraction of sp³-hybridized carbons (Fsp3) is 0.375. The molecule has 2 aromatic carbocycles. The van der Waals surface area contributed by atoms with Gasteiger partial charge in [0, 0.05) is 30.5 Å². The third kappa shape index (κ3) is 9.37. The van der Waals surface area contributed by atoms with Crippen LogP contribution in [0.25, 0.3) is 0 Å². The Kier molecular flexibility index (Phi) is 12.3. The molecule has 1 aliphatic rings. The molecule has 0 saturated carbocycles. The minimum Gasteiger partial charge on any atom is -0.507 e. The summed E-state index contributed by atoms with van der Waals surface area (Å²) in [5.41, 5.74) is 3.49. The second-order valence-electron chi connectivity index (χ2n) is 7.21. The van der Waals surface area contributed by atoms with Gasteiger partial charge in [-0.2, -0.15) is 0 Å². The molecule has 1 radical (unpaired) electrons. The van der Waals surface area contributed by atoms with Crippen LogP contribution in [-0.2, 0) is 34.7 Å². The smallest absolute Gasteiger partial charge is 0.507 e. The molecule has 0 fully saturated rings. The predicted octanol–water partition coefficient (Wildman–Crippen LogP) is 4.38. The Hall–Kier alpha value is -2.63. The number of phenols is 2. The first kappa shape index (κ1) is 26.4. The van der Waals surface area contributed by atoms with Crippen molar-refractivity contribution >= 4 is 18.4 Å². The third-order valence-electron chi connectivity index (χ3n) is 4.76. The summed E-state index contributed by atoms with van der Waals surface area (Å²) in [6.45, 7) is 2.17. The average Bonchev–Trinajstić information content (AvgIpc) is 2.70. The summed E-state index contributed by atoms with van der Waals surface area (Å²) in [6.07, 6.45) is 9.50. The molecular weight excluding hydrogens is 435 g/mol. The van der Waals surface area contributed by atoms with E-state index in [0.717, 1.165) is 67.7 Å². The summed E-state index contributed by atoms with van der Waals surface area (Å²) in [6, 6.07) is 11.7. The maximum Gasteiger partial charge on any atom is 2.00 e. The number of aromatic hydroxyl groups is 2. The van der Waals surface area contributed by atoms with Gasteiger partial charge in [-0.15, -0.1) is 0 Å². The van der Waals surface area contributed by atoms with Crippen LogP contribution < -0.4 is 0 Å². The predicted molar refractivity (Wildman–Crippen MR) is 120 cm³/mol. The van der Waals surface area contributed by atoms with Gasteiger partial charge < -0.3 is 15.3 Å². The number of hydrogen-bond acceptors (Lipinski definition) is 5. The molecule has 3 rings (SSSR count). The summed E-state index contributed by atoms with van der Waals surface area (Å²) >= 11 is 0. The molecule has 0 amide bonds. The van der Waals surface area contributed by atoms with Crippen molar-refractivity contribution in [1.29, 1.82) is 0 Å². The third-order valence-corrected chi connectivity index (χ3v) is 4.76. The van der Waals surface area contributed by atoms with Crippen LogP contribution in [-0.4, -0.2) is 46.8 Å². The second kappa shape index (κ2) is 14.4. The number of aryl methyl sites for hydroxylation is 2. The minimum absolute atomic E-state index is 0. The molecule has 0 saturated heterocycles. The van der Waals surface area contributed by atoms with Crippen LogP contribution in [0.5, 0.6) is 11.5 Å². The topological polar surface area (TPSA) is 102 Å². The maximum absolute atomic E-state index is 10.4. The quantitative estimate of drug-likeness (QED) is 0.503. The van der Waals surface area contributed by atoms with Gasteiger partial charge >= 0.3 is 17.1 Å². The van der Waals surface area contributed by atoms with E-state index in [0.29, 0.717) is 24.6 Å². The summed E-state index contributed by atoms with van der Waals surface area (Å²) in [5, 5.41) is 28.2.